The molecule has 2 aromatic heterocycles. The van der Waals surface area contributed by atoms with Gasteiger partial charge in [-0.3, -0.25) is 0 Å². The molecule has 1 aliphatic rings. The van der Waals surface area contributed by atoms with Gasteiger partial charge in [0.25, 0.3) is 0 Å². The average molecular weight is 262 g/mol. The van der Waals surface area contributed by atoms with E-state index >= 15 is 0 Å². The Morgan fingerprint density at radius 1 is 1.33 bits per heavy atom. The van der Waals surface area contributed by atoms with E-state index in [0.29, 0.717) is 11.3 Å². The third-order valence-corrected chi connectivity index (χ3v) is 4.82. The second-order valence-electron chi connectivity index (χ2n) is 4.75. The maximum absolute atomic E-state index is 4.46. The number of anilines is 1. The second-order valence-corrected chi connectivity index (χ2v) is 5.82. The van der Waals surface area contributed by atoms with Gasteiger partial charge in [-0.25, -0.2) is 9.50 Å². The molecule has 2 unspecified atom stereocenters. The number of nitrogens with zero attached hydrogens (tertiary/aromatic N) is 3. The van der Waals surface area contributed by atoms with Crippen molar-refractivity contribution >= 4 is 23.1 Å². The number of hydrogen-bond acceptors (Lipinski definition) is 4. The van der Waals surface area contributed by atoms with Gasteiger partial charge in [0.1, 0.15) is 5.52 Å². The number of thioether (sulfide) groups is 1. The summed E-state index contributed by atoms with van der Waals surface area (Å²) in [6.07, 6.45) is 12.9. The summed E-state index contributed by atoms with van der Waals surface area (Å²) in [7, 11) is 0. The minimum absolute atomic E-state index is 0.530. The Balaban J connectivity index is 1.84. The molecular formula is C13H18N4S. The van der Waals surface area contributed by atoms with Crippen LogP contribution in [0.1, 0.15) is 25.7 Å². The zero-order valence-corrected chi connectivity index (χ0v) is 11.4. The molecule has 0 aromatic carbocycles. The van der Waals surface area contributed by atoms with Gasteiger partial charge in [0.05, 0.1) is 6.20 Å². The normalized spacial score (nSPS) is 24.3. The fraction of sp³-hybridized carbons (Fsp3) is 0.538. The van der Waals surface area contributed by atoms with Gasteiger partial charge >= 0.3 is 0 Å². The fourth-order valence-corrected chi connectivity index (χ4v) is 3.62. The molecule has 4 nitrogen and oxygen atoms in total. The summed E-state index contributed by atoms with van der Waals surface area (Å²) in [4.78, 5) is 4.46. The maximum atomic E-state index is 4.46. The molecule has 0 spiro atoms. The van der Waals surface area contributed by atoms with Crippen molar-refractivity contribution in [2.45, 2.75) is 37.0 Å². The van der Waals surface area contributed by atoms with E-state index in [2.05, 4.69) is 21.7 Å². The van der Waals surface area contributed by atoms with Crippen molar-refractivity contribution in [2.75, 3.05) is 11.6 Å². The highest BCUT2D eigenvalue weighted by atomic mass is 32.2. The minimum atomic E-state index is 0.530. The average Bonchev–Trinajstić information content (AvgIpc) is 2.89. The number of rotatable bonds is 3. The van der Waals surface area contributed by atoms with Crippen LogP contribution in [0.2, 0.25) is 0 Å². The van der Waals surface area contributed by atoms with Crippen molar-refractivity contribution in [3.63, 3.8) is 0 Å². The molecule has 2 aromatic rings. The van der Waals surface area contributed by atoms with E-state index in [9.17, 15) is 0 Å². The minimum Gasteiger partial charge on any atom is -0.364 e. The van der Waals surface area contributed by atoms with E-state index in [-0.39, 0.29) is 0 Å². The topological polar surface area (TPSA) is 42.2 Å². The smallest absolute Gasteiger partial charge is 0.152 e. The van der Waals surface area contributed by atoms with Crippen molar-refractivity contribution in [1.82, 2.24) is 14.6 Å². The van der Waals surface area contributed by atoms with Crippen molar-refractivity contribution in [2.24, 2.45) is 0 Å². The molecule has 0 saturated heterocycles. The molecule has 0 aliphatic heterocycles. The standard InChI is InChI=1S/C13H18N4S/c1-18-12-5-3-2-4-10(12)16-13-11-6-7-15-17(11)9-8-14-13/h6-10,12H,2-5H2,1H3,(H,14,16). The Morgan fingerprint density at radius 3 is 3.11 bits per heavy atom. The summed E-state index contributed by atoms with van der Waals surface area (Å²) in [5.41, 5.74) is 1.06. The first-order chi connectivity index (χ1) is 8.88. The first-order valence-electron chi connectivity index (χ1n) is 6.46. The van der Waals surface area contributed by atoms with Crippen LogP contribution in [0.25, 0.3) is 5.52 Å². The molecular weight excluding hydrogens is 244 g/mol. The lowest BCUT2D eigenvalue weighted by atomic mass is 9.95. The summed E-state index contributed by atoms with van der Waals surface area (Å²) >= 11 is 1.97. The van der Waals surface area contributed by atoms with Crippen LogP contribution in [0.15, 0.2) is 24.7 Å². The van der Waals surface area contributed by atoms with Crippen molar-refractivity contribution < 1.29 is 0 Å². The lowest BCUT2D eigenvalue weighted by Crippen LogP contribution is -2.34. The summed E-state index contributed by atoms with van der Waals surface area (Å²) in [5, 5.41) is 8.56. The largest absolute Gasteiger partial charge is 0.364 e. The number of nitrogens with one attached hydrogen (secondary N) is 1. The third kappa shape index (κ3) is 2.19. The van der Waals surface area contributed by atoms with Crippen LogP contribution >= 0.6 is 11.8 Å². The lowest BCUT2D eigenvalue weighted by molar-refractivity contribution is 0.474. The SMILES string of the molecule is CSC1CCCCC1Nc1nccn2nccc12. The van der Waals surface area contributed by atoms with Crippen LogP contribution in [-0.2, 0) is 0 Å². The van der Waals surface area contributed by atoms with Gasteiger partial charge in [0.2, 0.25) is 0 Å². The predicted molar refractivity (Wildman–Crippen MR) is 76.2 cm³/mol. The van der Waals surface area contributed by atoms with Gasteiger partial charge in [-0.15, -0.1) is 0 Å². The number of aromatic nitrogens is 3. The van der Waals surface area contributed by atoms with Gasteiger partial charge < -0.3 is 5.32 Å². The third-order valence-electron chi connectivity index (χ3n) is 3.65. The van der Waals surface area contributed by atoms with Gasteiger partial charge in [0, 0.05) is 23.7 Å². The molecule has 2 heterocycles. The highest BCUT2D eigenvalue weighted by Gasteiger charge is 2.24. The summed E-state index contributed by atoms with van der Waals surface area (Å²) in [5.74, 6) is 0.959. The lowest BCUT2D eigenvalue weighted by Gasteiger charge is -2.31. The van der Waals surface area contributed by atoms with E-state index < -0.39 is 0 Å². The highest BCUT2D eigenvalue weighted by Crippen LogP contribution is 2.29. The van der Waals surface area contributed by atoms with Crippen LogP contribution in [0, 0.1) is 0 Å². The second kappa shape index (κ2) is 5.18. The van der Waals surface area contributed by atoms with Gasteiger partial charge in [-0.05, 0) is 25.2 Å². The summed E-state index contributed by atoms with van der Waals surface area (Å²) in [6, 6.07) is 2.54. The first kappa shape index (κ1) is 11.8. The Labute approximate surface area is 111 Å². The maximum Gasteiger partial charge on any atom is 0.152 e. The summed E-state index contributed by atoms with van der Waals surface area (Å²) < 4.78 is 1.87. The molecule has 1 fully saturated rings. The molecule has 18 heavy (non-hydrogen) atoms. The monoisotopic (exact) mass is 262 g/mol. The van der Waals surface area contributed by atoms with Crippen molar-refractivity contribution in [3.05, 3.63) is 24.7 Å². The molecule has 0 amide bonds. The zero-order valence-electron chi connectivity index (χ0n) is 10.5. The van der Waals surface area contributed by atoms with Gasteiger partial charge in [-0.1, -0.05) is 12.8 Å². The Kier molecular flexibility index (Phi) is 3.41. The number of hydrogen-bond donors (Lipinski definition) is 1. The molecule has 1 N–H and O–H groups in total. The highest BCUT2D eigenvalue weighted by molar-refractivity contribution is 7.99. The van der Waals surface area contributed by atoms with Crippen molar-refractivity contribution in [1.29, 1.82) is 0 Å². The molecule has 1 saturated carbocycles. The van der Waals surface area contributed by atoms with Crippen LogP contribution in [0.5, 0.6) is 0 Å². The zero-order chi connectivity index (χ0) is 12.4. The Morgan fingerprint density at radius 2 is 2.22 bits per heavy atom. The van der Waals surface area contributed by atoms with E-state index in [4.69, 9.17) is 0 Å². The molecule has 1 aliphatic carbocycles. The van der Waals surface area contributed by atoms with Crippen molar-refractivity contribution in [3.8, 4) is 0 Å². The molecule has 3 rings (SSSR count). The first-order valence-corrected chi connectivity index (χ1v) is 7.75. The van der Waals surface area contributed by atoms with Gasteiger partial charge in [-0.2, -0.15) is 16.9 Å². The van der Waals surface area contributed by atoms with Crippen LogP contribution in [-0.4, -0.2) is 32.1 Å². The fourth-order valence-electron chi connectivity index (χ4n) is 2.69. The van der Waals surface area contributed by atoms with E-state index in [1.54, 1.807) is 6.20 Å². The summed E-state index contributed by atoms with van der Waals surface area (Å²) in [6.45, 7) is 0. The van der Waals surface area contributed by atoms with Gasteiger partial charge in [0.15, 0.2) is 5.82 Å². The molecule has 0 bridgehead atoms. The van der Waals surface area contributed by atoms with E-state index in [1.165, 1.54) is 25.7 Å². The van der Waals surface area contributed by atoms with E-state index in [0.717, 1.165) is 11.3 Å². The van der Waals surface area contributed by atoms with E-state index in [1.807, 2.05) is 34.7 Å². The number of fused-ring (bicyclic) bond motifs is 1. The van der Waals surface area contributed by atoms with Crippen LogP contribution in [0.3, 0.4) is 0 Å². The molecule has 96 valence electrons. The Hall–Kier alpha value is -1.23. The molecule has 2 atom stereocenters. The molecule has 5 heteroatoms. The quantitative estimate of drug-likeness (QED) is 0.923. The van der Waals surface area contributed by atoms with Crippen LogP contribution in [0.4, 0.5) is 5.82 Å². The predicted octanol–water partition coefficient (Wildman–Crippen LogP) is 2.82. The Bertz CT molecular complexity index is 524. The van der Waals surface area contributed by atoms with Crippen LogP contribution < -0.4 is 5.32 Å². The molecule has 0 radical (unpaired) electrons.